The van der Waals surface area contributed by atoms with Crippen molar-refractivity contribution in [2.45, 2.75) is 37.4 Å². The van der Waals surface area contributed by atoms with Crippen LogP contribution in [0.15, 0.2) is 30.3 Å². The van der Waals surface area contributed by atoms with Crippen LogP contribution in [0, 0.1) is 0 Å². The normalized spacial score (nSPS) is 28.2. The molecule has 0 spiro atoms. The summed E-state index contributed by atoms with van der Waals surface area (Å²) >= 11 is 0. The molecule has 2 aliphatic heterocycles. The topological polar surface area (TPSA) is 86.7 Å². The number of benzene rings is 1. The van der Waals surface area contributed by atoms with Crippen molar-refractivity contribution in [3.8, 4) is 0 Å². The van der Waals surface area contributed by atoms with Gasteiger partial charge in [0, 0.05) is 6.42 Å². The van der Waals surface area contributed by atoms with E-state index in [9.17, 15) is 19.5 Å². The Morgan fingerprint density at radius 3 is 2.62 bits per heavy atom. The largest absolute Gasteiger partial charge is 0.480 e. The first kappa shape index (κ1) is 13.6. The van der Waals surface area contributed by atoms with E-state index < -0.39 is 24.1 Å². The lowest BCUT2D eigenvalue weighted by Crippen LogP contribution is -2.64. The fraction of sp³-hybridized carbons (Fsp3) is 0.400. The van der Waals surface area contributed by atoms with Crippen molar-refractivity contribution in [3.05, 3.63) is 35.9 Å². The highest BCUT2D eigenvalue weighted by atomic mass is 16.4. The van der Waals surface area contributed by atoms with Gasteiger partial charge in [-0.15, -0.1) is 0 Å². The molecule has 2 saturated heterocycles. The molecule has 2 fully saturated rings. The predicted molar refractivity (Wildman–Crippen MR) is 73.4 cm³/mol. The van der Waals surface area contributed by atoms with Gasteiger partial charge in [0.25, 0.3) is 0 Å². The van der Waals surface area contributed by atoms with E-state index in [0.29, 0.717) is 19.3 Å². The predicted octanol–water partition coefficient (Wildman–Crippen LogP) is 0.172. The van der Waals surface area contributed by atoms with Crippen LogP contribution in [-0.4, -0.2) is 45.9 Å². The number of aliphatic carboxylic acids is 1. The first-order valence-electron chi connectivity index (χ1n) is 6.97. The SMILES string of the molecule is O=C1N[C@H](Cc2ccccc2)C(=O)N2[C@@H]1CC[C@H]2C(=O)O. The number of hydrogen-bond donors (Lipinski definition) is 2. The molecule has 2 aliphatic rings. The number of fused-ring (bicyclic) bond motifs is 1. The summed E-state index contributed by atoms with van der Waals surface area (Å²) in [6.07, 6.45) is 1.12. The average Bonchev–Trinajstić information content (AvgIpc) is 2.91. The Balaban J connectivity index is 1.83. The van der Waals surface area contributed by atoms with Gasteiger partial charge in [0.05, 0.1) is 0 Å². The summed E-state index contributed by atoms with van der Waals surface area (Å²) in [6.45, 7) is 0. The van der Waals surface area contributed by atoms with Crippen molar-refractivity contribution in [2.24, 2.45) is 0 Å². The maximum absolute atomic E-state index is 12.5. The maximum Gasteiger partial charge on any atom is 0.326 e. The molecule has 2 amide bonds. The molecule has 6 nitrogen and oxygen atoms in total. The van der Waals surface area contributed by atoms with Crippen LogP contribution in [0.2, 0.25) is 0 Å². The fourth-order valence-electron chi connectivity index (χ4n) is 3.12. The van der Waals surface area contributed by atoms with Crippen molar-refractivity contribution in [2.75, 3.05) is 0 Å². The van der Waals surface area contributed by atoms with Gasteiger partial charge in [-0.1, -0.05) is 30.3 Å². The van der Waals surface area contributed by atoms with Crippen LogP contribution in [0.1, 0.15) is 18.4 Å². The van der Waals surface area contributed by atoms with E-state index in [0.717, 1.165) is 5.56 Å². The molecule has 2 heterocycles. The molecule has 3 rings (SSSR count). The van der Waals surface area contributed by atoms with Gasteiger partial charge in [0.2, 0.25) is 11.8 Å². The number of carboxylic acid groups (broad SMARTS) is 1. The molecular weight excluding hydrogens is 272 g/mol. The number of piperazine rings is 1. The minimum atomic E-state index is -1.04. The quantitative estimate of drug-likeness (QED) is 0.830. The molecule has 21 heavy (non-hydrogen) atoms. The molecule has 110 valence electrons. The molecule has 6 heteroatoms. The lowest BCUT2D eigenvalue weighted by Gasteiger charge is -2.36. The molecule has 0 aliphatic carbocycles. The molecule has 0 unspecified atom stereocenters. The Hall–Kier alpha value is -2.37. The number of carbonyl (C=O) groups excluding carboxylic acids is 2. The third kappa shape index (κ3) is 2.37. The van der Waals surface area contributed by atoms with Gasteiger partial charge in [-0.25, -0.2) is 4.79 Å². The third-order valence-corrected chi connectivity index (χ3v) is 4.12. The first-order chi connectivity index (χ1) is 10.1. The van der Waals surface area contributed by atoms with E-state index in [1.54, 1.807) is 0 Å². The number of nitrogens with zero attached hydrogens (tertiary/aromatic N) is 1. The summed E-state index contributed by atoms with van der Waals surface area (Å²) in [5.74, 6) is -1.59. The molecule has 0 radical (unpaired) electrons. The molecule has 0 saturated carbocycles. The number of nitrogens with one attached hydrogen (secondary N) is 1. The van der Waals surface area contributed by atoms with Crippen LogP contribution in [0.25, 0.3) is 0 Å². The van der Waals surface area contributed by atoms with Crippen LogP contribution in [0.3, 0.4) is 0 Å². The van der Waals surface area contributed by atoms with Crippen LogP contribution < -0.4 is 5.32 Å². The highest BCUT2D eigenvalue weighted by Crippen LogP contribution is 2.28. The molecule has 0 bridgehead atoms. The highest BCUT2D eigenvalue weighted by Gasteiger charge is 2.49. The van der Waals surface area contributed by atoms with Gasteiger partial charge in [-0.05, 0) is 18.4 Å². The number of amides is 2. The third-order valence-electron chi connectivity index (χ3n) is 4.12. The van der Waals surface area contributed by atoms with Gasteiger partial charge >= 0.3 is 5.97 Å². The van der Waals surface area contributed by atoms with Gasteiger partial charge in [-0.2, -0.15) is 0 Å². The minimum Gasteiger partial charge on any atom is -0.480 e. The Morgan fingerprint density at radius 1 is 1.24 bits per heavy atom. The Labute approximate surface area is 121 Å². The van der Waals surface area contributed by atoms with Crippen LogP contribution in [0.5, 0.6) is 0 Å². The summed E-state index contributed by atoms with van der Waals surface area (Å²) in [4.78, 5) is 37.1. The molecule has 1 aromatic carbocycles. The molecule has 3 atom stereocenters. The number of carbonyl (C=O) groups is 3. The zero-order valence-electron chi connectivity index (χ0n) is 11.4. The van der Waals surface area contributed by atoms with Crippen molar-refractivity contribution < 1.29 is 19.5 Å². The lowest BCUT2D eigenvalue weighted by atomic mass is 10.0. The highest BCUT2D eigenvalue weighted by molar-refractivity contribution is 6.00. The van der Waals surface area contributed by atoms with Gasteiger partial charge in [0.1, 0.15) is 18.1 Å². The summed E-state index contributed by atoms with van der Waals surface area (Å²) in [5.41, 5.74) is 0.931. The lowest BCUT2D eigenvalue weighted by molar-refractivity contribution is -0.156. The van der Waals surface area contributed by atoms with Gasteiger partial charge in [-0.3, -0.25) is 9.59 Å². The second-order valence-electron chi connectivity index (χ2n) is 5.44. The number of carboxylic acids is 1. The van der Waals surface area contributed by atoms with E-state index in [1.807, 2.05) is 30.3 Å². The Kier molecular flexibility index (Phi) is 3.37. The van der Waals surface area contributed by atoms with Crippen molar-refractivity contribution in [1.29, 1.82) is 0 Å². The molecular formula is C15H16N2O4. The zero-order chi connectivity index (χ0) is 15.0. The van der Waals surface area contributed by atoms with Crippen molar-refractivity contribution >= 4 is 17.8 Å². The standard InChI is InChI=1S/C15H16N2O4/c18-13-11-6-7-12(15(20)21)17(11)14(19)10(16-13)8-9-4-2-1-3-5-9/h1-5,10-12H,6-8H2,(H,16,18)(H,20,21)/t10-,11-,12+/m1/s1. The van der Waals surface area contributed by atoms with Crippen LogP contribution >= 0.6 is 0 Å². The fourth-order valence-corrected chi connectivity index (χ4v) is 3.12. The van der Waals surface area contributed by atoms with E-state index in [2.05, 4.69) is 5.32 Å². The second-order valence-corrected chi connectivity index (χ2v) is 5.44. The Bertz CT molecular complexity index is 581. The average molecular weight is 288 g/mol. The van der Waals surface area contributed by atoms with Crippen molar-refractivity contribution in [3.63, 3.8) is 0 Å². The van der Waals surface area contributed by atoms with E-state index >= 15 is 0 Å². The van der Waals surface area contributed by atoms with Gasteiger partial charge in [0.15, 0.2) is 0 Å². The summed E-state index contributed by atoms with van der Waals surface area (Å²) in [6, 6.07) is 7.16. The minimum absolute atomic E-state index is 0.251. The number of rotatable bonds is 3. The van der Waals surface area contributed by atoms with Crippen LogP contribution in [0.4, 0.5) is 0 Å². The molecule has 2 N–H and O–H groups in total. The monoisotopic (exact) mass is 288 g/mol. The summed E-state index contributed by atoms with van der Waals surface area (Å²) < 4.78 is 0. The molecule has 0 aromatic heterocycles. The first-order valence-corrected chi connectivity index (χ1v) is 6.97. The number of hydrogen-bond acceptors (Lipinski definition) is 3. The molecule has 1 aromatic rings. The van der Waals surface area contributed by atoms with Gasteiger partial charge < -0.3 is 15.3 Å². The Morgan fingerprint density at radius 2 is 1.95 bits per heavy atom. The van der Waals surface area contributed by atoms with E-state index in [-0.39, 0.29) is 11.8 Å². The summed E-state index contributed by atoms with van der Waals surface area (Å²) in [7, 11) is 0. The smallest absolute Gasteiger partial charge is 0.326 e. The van der Waals surface area contributed by atoms with E-state index in [4.69, 9.17) is 0 Å². The van der Waals surface area contributed by atoms with Crippen LogP contribution in [-0.2, 0) is 20.8 Å². The second kappa shape index (κ2) is 5.20. The maximum atomic E-state index is 12.5. The zero-order valence-corrected chi connectivity index (χ0v) is 11.4. The van der Waals surface area contributed by atoms with E-state index in [1.165, 1.54) is 4.90 Å². The summed E-state index contributed by atoms with van der Waals surface area (Å²) in [5, 5.41) is 11.9. The van der Waals surface area contributed by atoms with Crippen molar-refractivity contribution in [1.82, 2.24) is 10.2 Å².